The van der Waals surface area contributed by atoms with Crippen molar-refractivity contribution in [3.63, 3.8) is 0 Å². The number of Topliss-reactive ketones (excluding diaryl/α,β-unsaturated/α-hetero) is 1. The van der Waals surface area contributed by atoms with E-state index in [9.17, 15) is 9.59 Å². The SMILES string of the molecule is CCN(CC)c1cc2c(cc1C)C1(c3ccc(N)cc3O2)c2ccccc2C(=O)N1N=CC=Nc1ccc(C(C)=O)cc1. The van der Waals surface area contributed by atoms with Crippen LogP contribution in [-0.2, 0) is 5.54 Å². The summed E-state index contributed by atoms with van der Waals surface area (Å²) < 4.78 is 6.54. The number of amides is 1. The number of benzene rings is 4. The summed E-state index contributed by atoms with van der Waals surface area (Å²) in [7, 11) is 0. The molecule has 0 saturated heterocycles. The second kappa shape index (κ2) is 10.9. The Morgan fingerprint density at radius 1 is 0.930 bits per heavy atom. The summed E-state index contributed by atoms with van der Waals surface area (Å²) in [5.74, 6) is 0.986. The molecule has 43 heavy (non-hydrogen) atoms. The van der Waals surface area contributed by atoms with Crippen molar-refractivity contribution in [3.8, 4) is 11.5 Å². The molecule has 1 amide bonds. The van der Waals surface area contributed by atoms with Crippen molar-refractivity contribution in [1.29, 1.82) is 0 Å². The lowest BCUT2D eigenvalue weighted by molar-refractivity contribution is 0.0675. The van der Waals surface area contributed by atoms with E-state index < -0.39 is 5.54 Å². The van der Waals surface area contributed by atoms with E-state index in [4.69, 9.17) is 15.6 Å². The molecule has 0 aliphatic carbocycles. The molecule has 216 valence electrons. The van der Waals surface area contributed by atoms with Gasteiger partial charge >= 0.3 is 0 Å². The highest BCUT2D eigenvalue weighted by molar-refractivity contribution is 6.17. The number of nitrogens with zero attached hydrogens (tertiary/aromatic N) is 4. The third-order valence-electron chi connectivity index (χ3n) is 8.21. The Morgan fingerprint density at radius 3 is 2.37 bits per heavy atom. The van der Waals surface area contributed by atoms with Crippen LogP contribution in [0.3, 0.4) is 0 Å². The Kier molecular flexibility index (Phi) is 7.05. The lowest BCUT2D eigenvalue weighted by atomic mass is 9.74. The minimum Gasteiger partial charge on any atom is -0.456 e. The van der Waals surface area contributed by atoms with Crippen molar-refractivity contribution in [2.45, 2.75) is 33.2 Å². The number of aryl methyl sites for hydroxylation is 1. The number of ether oxygens (including phenoxy) is 1. The number of nitrogens with two attached hydrogens (primary N) is 1. The van der Waals surface area contributed by atoms with Gasteiger partial charge in [0.1, 0.15) is 17.0 Å². The molecule has 6 rings (SSSR count). The van der Waals surface area contributed by atoms with E-state index >= 15 is 0 Å². The van der Waals surface area contributed by atoms with Crippen molar-refractivity contribution in [3.05, 3.63) is 112 Å². The van der Waals surface area contributed by atoms with Gasteiger partial charge in [0.15, 0.2) is 5.78 Å². The molecule has 2 aliphatic heterocycles. The summed E-state index contributed by atoms with van der Waals surface area (Å²) in [6.07, 6.45) is 3.07. The van der Waals surface area contributed by atoms with E-state index in [1.807, 2.05) is 36.4 Å². The van der Waals surface area contributed by atoms with Crippen LogP contribution >= 0.6 is 0 Å². The molecule has 4 aromatic rings. The molecule has 4 aromatic carbocycles. The number of fused-ring (bicyclic) bond motifs is 6. The second-order valence-electron chi connectivity index (χ2n) is 10.7. The summed E-state index contributed by atoms with van der Waals surface area (Å²) in [5.41, 5.74) is 12.1. The van der Waals surface area contributed by atoms with E-state index in [0.29, 0.717) is 34.0 Å². The maximum atomic E-state index is 14.1. The average Bonchev–Trinajstić information content (AvgIpc) is 3.25. The molecule has 1 spiro atoms. The van der Waals surface area contributed by atoms with Gasteiger partial charge in [0.05, 0.1) is 11.9 Å². The van der Waals surface area contributed by atoms with Gasteiger partial charge in [-0.1, -0.05) is 24.3 Å². The molecular weight excluding hydrogens is 538 g/mol. The number of ketones is 1. The number of anilines is 2. The highest BCUT2D eigenvalue weighted by Gasteiger charge is 2.57. The number of aliphatic imine (C=N–C) groups is 1. The first kappa shape index (κ1) is 27.9. The van der Waals surface area contributed by atoms with Gasteiger partial charge in [0.2, 0.25) is 0 Å². The molecule has 2 heterocycles. The van der Waals surface area contributed by atoms with Crippen molar-refractivity contribution in [1.82, 2.24) is 5.01 Å². The standard InChI is InChI=1S/C35H33N5O3/c1-5-39(6-2)31-21-33-30(19-22(31)3)35(29-16-13-25(36)20-32(29)43-33)28-10-8-7-9-27(28)34(42)40(35)38-18-17-37-26-14-11-24(12-15-26)23(4)41/h7-21H,5-6,36H2,1-4H3. The molecule has 0 fully saturated rings. The summed E-state index contributed by atoms with van der Waals surface area (Å²) in [5, 5.41) is 6.29. The molecular formula is C35H33N5O3. The molecule has 0 saturated carbocycles. The van der Waals surface area contributed by atoms with E-state index in [1.54, 1.807) is 36.5 Å². The largest absolute Gasteiger partial charge is 0.456 e. The zero-order valence-electron chi connectivity index (χ0n) is 24.7. The highest BCUT2D eigenvalue weighted by Crippen LogP contribution is 2.58. The fourth-order valence-corrected chi connectivity index (χ4v) is 6.16. The topological polar surface area (TPSA) is 101 Å². The maximum absolute atomic E-state index is 14.1. The van der Waals surface area contributed by atoms with Crippen LogP contribution in [-0.4, -0.2) is 42.2 Å². The normalized spacial score (nSPS) is 16.8. The van der Waals surface area contributed by atoms with E-state index in [0.717, 1.165) is 41.0 Å². The number of hydrazone groups is 1. The van der Waals surface area contributed by atoms with Crippen LogP contribution in [0, 0.1) is 6.92 Å². The molecule has 0 radical (unpaired) electrons. The first-order valence-corrected chi connectivity index (χ1v) is 14.4. The zero-order valence-corrected chi connectivity index (χ0v) is 24.7. The molecule has 8 nitrogen and oxygen atoms in total. The number of hydrogen-bond donors (Lipinski definition) is 1. The van der Waals surface area contributed by atoms with Gasteiger partial charge in [-0.3, -0.25) is 14.6 Å². The second-order valence-corrected chi connectivity index (χ2v) is 10.7. The van der Waals surface area contributed by atoms with E-state index in [2.05, 4.69) is 42.8 Å². The van der Waals surface area contributed by atoms with E-state index in [-0.39, 0.29) is 11.7 Å². The monoisotopic (exact) mass is 571 g/mol. The smallest absolute Gasteiger partial charge is 0.275 e. The number of rotatable bonds is 7. The highest BCUT2D eigenvalue weighted by atomic mass is 16.5. The van der Waals surface area contributed by atoms with Crippen molar-refractivity contribution < 1.29 is 14.3 Å². The quantitative estimate of drug-likeness (QED) is 0.148. The molecule has 8 heteroatoms. The number of hydrogen-bond acceptors (Lipinski definition) is 7. The molecule has 0 bridgehead atoms. The number of nitrogen functional groups attached to an aromatic ring is 1. The molecule has 2 N–H and O–H groups in total. The van der Waals surface area contributed by atoms with Gasteiger partial charge in [-0.15, -0.1) is 0 Å². The van der Waals surface area contributed by atoms with Gasteiger partial charge in [-0.25, -0.2) is 5.01 Å². The minimum atomic E-state index is -1.09. The minimum absolute atomic E-state index is 0.00673. The predicted molar refractivity (Wildman–Crippen MR) is 171 cm³/mol. The van der Waals surface area contributed by atoms with Crippen LogP contribution in [0.4, 0.5) is 17.1 Å². The van der Waals surface area contributed by atoms with Gasteiger partial charge in [0.25, 0.3) is 5.91 Å². The maximum Gasteiger partial charge on any atom is 0.275 e. The Morgan fingerprint density at radius 2 is 1.65 bits per heavy atom. The van der Waals surface area contributed by atoms with Crippen LogP contribution < -0.4 is 15.4 Å². The predicted octanol–water partition coefficient (Wildman–Crippen LogP) is 6.87. The first-order valence-electron chi connectivity index (χ1n) is 14.4. The fraction of sp³-hybridized carbons (Fsp3) is 0.200. The first-order chi connectivity index (χ1) is 20.8. The third-order valence-corrected chi connectivity index (χ3v) is 8.21. The summed E-state index contributed by atoms with van der Waals surface area (Å²) in [4.78, 5) is 32.5. The Balaban J connectivity index is 1.54. The molecule has 1 atom stereocenters. The van der Waals surface area contributed by atoms with Crippen LogP contribution in [0.5, 0.6) is 11.5 Å². The Hall–Kier alpha value is -5.24. The average molecular weight is 572 g/mol. The lowest BCUT2D eigenvalue weighted by Gasteiger charge is -2.42. The van der Waals surface area contributed by atoms with Crippen LogP contribution in [0.25, 0.3) is 0 Å². The van der Waals surface area contributed by atoms with Crippen LogP contribution in [0.1, 0.15) is 63.7 Å². The Bertz CT molecular complexity index is 1810. The van der Waals surface area contributed by atoms with Gasteiger partial charge in [-0.2, -0.15) is 5.10 Å². The van der Waals surface area contributed by atoms with Gasteiger partial charge in [0, 0.05) is 70.6 Å². The Labute approximate surface area is 251 Å². The fourth-order valence-electron chi connectivity index (χ4n) is 6.16. The van der Waals surface area contributed by atoms with Gasteiger partial charge in [-0.05, 0) is 75.7 Å². The summed E-state index contributed by atoms with van der Waals surface area (Å²) in [6.45, 7) is 9.56. The molecule has 0 aromatic heterocycles. The zero-order chi connectivity index (χ0) is 30.3. The summed E-state index contributed by atoms with van der Waals surface area (Å²) in [6, 6.07) is 24.4. The van der Waals surface area contributed by atoms with E-state index in [1.165, 1.54) is 18.1 Å². The van der Waals surface area contributed by atoms with Crippen molar-refractivity contribution in [2.75, 3.05) is 23.7 Å². The molecule has 2 aliphatic rings. The van der Waals surface area contributed by atoms with Crippen LogP contribution in [0.15, 0.2) is 89.0 Å². The van der Waals surface area contributed by atoms with Crippen LogP contribution in [0.2, 0.25) is 0 Å². The van der Waals surface area contributed by atoms with Crippen molar-refractivity contribution in [2.24, 2.45) is 10.1 Å². The third kappa shape index (κ3) is 4.46. The lowest BCUT2D eigenvalue weighted by Crippen LogP contribution is -2.44. The number of carbonyl (C=O) groups excluding carboxylic acids is 2. The van der Waals surface area contributed by atoms with Crippen molar-refractivity contribution >= 4 is 41.2 Å². The van der Waals surface area contributed by atoms with Gasteiger partial charge < -0.3 is 15.4 Å². The summed E-state index contributed by atoms with van der Waals surface area (Å²) >= 11 is 0. The number of carbonyl (C=O) groups is 2. The molecule has 1 unspecified atom stereocenters.